The molecule has 2 nitrogen and oxygen atoms in total. The third-order valence-corrected chi connectivity index (χ3v) is 4.07. The van der Waals surface area contributed by atoms with Gasteiger partial charge in [0.15, 0.2) is 0 Å². The predicted molar refractivity (Wildman–Crippen MR) is 82.4 cm³/mol. The molecule has 3 aromatic rings. The van der Waals surface area contributed by atoms with Crippen LogP contribution in [0.25, 0.3) is 11.0 Å². The van der Waals surface area contributed by atoms with Crippen molar-refractivity contribution < 1.29 is 4.42 Å². The molecule has 1 N–H and O–H groups in total. The van der Waals surface area contributed by atoms with Crippen LogP contribution in [0.2, 0.25) is 0 Å². The smallest absolute Gasteiger partial charge is 0.134 e. The van der Waals surface area contributed by atoms with Crippen molar-refractivity contribution in [3.8, 4) is 0 Å². The fourth-order valence-corrected chi connectivity index (χ4v) is 2.45. The molecular formula is C16H14BrNO. The highest BCUT2D eigenvalue weighted by atomic mass is 79.9. The average Bonchev–Trinajstić information content (AvgIpc) is 2.83. The number of anilines is 1. The van der Waals surface area contributed by atoms with E-state index in [1.807, 2.05) is 24.5 Å². The Balaban J connectivity index is 1.80. The fourth-order valence-electron chi connectivity index (χ4n) is 2.07. The second-order valence-corrected chi connectivity index (χ2v) is 5.43. The normalized spacial score (nSPS) is 10.8. The van der Waals surface area contributed by atoms with Gasteiger partial charge in [-0.05, 0) is 30.7 Å². The third-order valence-electron chi connectivity index (χ3n) is 3.22. The summed E-state index contributed by atoms with van der Waals surface area (Å²) in [6, 6.07) is 14.4. The highest BCUT2D eigenvalue weighted by Gasteiger charge is 2.05. The number of rotatable bonds is 3. The SMILES string of the molecule is Cc1ccc(NCc2coc3ccccc23)cc1Br. The van der Waals surface area contributed by atoms with Crippen molar-refractivity contribution in [3.05, 3.63) is 64.3 Å². The lowest BCUT2D eigenvalue weighted by atomic mass is 10.1. The van der Waals surface area contributed by atoms with Crippen LogP contribution in [0, 0.1) is 6.92 Å². The Bertz CT molecular complexity index is 718. The van der Waals surface area contributed by atoms with Gasteiger partial charge in [0.1, 0.15) is 5.58 Å². The summed E-state index contributed by atoms with van der Waals surface area (Å²) in [5, 5.41) is 4.58. The van der Waals surface area contributed by atoms with Crippen molar-refractivity contribution in [2.75, 3.05) is 5.32 Å². The lowest BCUT2D eigenvalue weighted by Crippen LogP contribution is -1.98. The third kappa shape index (κ3) is 2.51. The molecule has 0 atom stereocenters. The van der Waals surface area contributed by atoms with Gasteiger partial charge < -0.3 is 9.73 Å². The molecule has 0 saturated carbocycles. The van der Waals surface area contributed by atoms with Gasteiger partial charge in [0.2, 0.25) is 0 Å². The van der Waals surface area contributed by atoms with Crippen LogP contribution < -0.4 is 5.32 Å². The van der Waals surface area contributed by atoms with Crippen LogP contribution in [0.3, 0.4) is 0 Å². The Morgan fingerprint density at radius 2 is 2.00 bits per heavy atom. The van der Waals surface area contributed by atoms with Crippen LogP contribution >= 0.6 is 15.9 Å². The average molecular weight is 316 g/mol. The topological polar surface area (TPSA) is 25.2 Å². The van der Waals surface area contributed by atoms with Crippen molar-refractivity contribution in [1.29, 1.82) is 0 Å². The van der Waals surface area contributed by atoms with Crippen LogP contribution in [0.15, 0.2) is 57.6 Å². The van der Waals surface area contributed by atoms with Crippen molar-refractivity contribution in [3.63, 3.8) is 0 Å². The number of para-hydroxylation sites is 1. The molecule has 0 unspecified atom stereocenters. The number of fused-ring (bicyclic) bond motifs is 1. The van der Waals surface area contributed by atoms with Gasteiger partial charge in [0, 0.05) is 27.7 Å². The van der Waals surface area contributed by atoms with Gasteiger partial charge in [-0.15, -0.1) is 0 Å². The monoisotopic (exact) mass is 315 g/mol. The van der Waals surface area contributed by atoms with E-state index >= 15 is 0 Å². The van der Waals surface area contributed by atoms with Crippen molar-refractivity contribution >= 4 is 32.6 Å². The number of benzene rings is 2. The first-order valence-corrected chi connectivity index (χ1v) is 6.98. The van der Waals surface area contributed by atoms with Gasteiger partial charge in [-0.25, -0.2) is 0 Å². The van der Waals surface area contributed by atoms with E-state index in [0.717, 1.165) is 22.3 Å². The maximum Gasteiger partial charge on any atom is 0.134 e. The second kappa shape index (κ2) is 5.10. The molecule has 0 amide bonds. The van der Waals surface area contributed by atoms with E-state index in [9.17, 15) is 0 Å². The molecule has 3 rings (SSSR count). The predicted octanol–water partition coefficient (Wildman–Crippen LogP) is 5.12. The first-order chi connectivity index (χ1) is 9.24. The Morgan fingerprint density at radius 3 is 2.84 bits per heavy atom. The zero-order valence-electron chi connectivity index (χ0n) is 10.6. The zero-order chi connectivity index (χ0) is 13.2. The number of halogens is 1. The van der Waals surface area contributed by atoms with Gasteiger partial charge in [-0.2, -0.15) is 0 Å². The molecule has 0 radical (unpaired) electrons. The molecular weight excluding hydrogens is 302 g/mol. The molecule has 0 aliphatic rings. The number of furan rings is 1. The van der Waals surface area contributed by atoms with E-state index in [4.69, 9.17) is 4.42 Å². The summed E-state index contributed by atoms with van der Waals surface area (Å²) >= 11 is 3.55. The molecule has 3 heteroatoms. The number of nitrogens with one attached hydrogen (secondary N) is 1. The molecule has 0 bridgehead atoms. The molecule has 1 heterocycles. The Hall–Kier alpha value is -1.74. The molecule has 0 saturated heterocycles. The van der Waals surface area contributed by atoms with Gasteiger partial charge >= 0.3 is 0 Å². The van der Waals surface area contributed by atoms with E-state index in [-0.39, 0.29) is 0 Å². The molecule has 0 fully saturated rings. The van der Waals surface area contributed by atoms with Crippen LogP contribution in [-0.4, -0.2) is 0 Å². The maximum atomic E-state index is 5.53. The summed E-state index contributed by atoms with van der Waals surface area (Å²) < 4.78 is 6.65. The van der Waals surface area contributed by atoms with E-state index in [0.29, 0.717) is 0 Å². The van der Waals surface area contributed by atoms with Crippen molar-refractivity contribution in [1.82, 2.24) is 0 Å². The Labute approximate surface area is 120 Å². The minimum Gasteiger partial charge on any atom is -0.464 e. The van der Waals surface area contributed by atoms with Gasteiger partial charge in [0.05, 0.1) is 6.26 Å². The molecule has 0 spiro atoms. The lowest BCUT2D eigenvalue weighted by molar-refractivity contribution is 0.611. The van der Waals surface area contributed by atoms with Crippen LogP contribution in [0.1, 0.15) is 11.1 Å². The van der Waals surface area contributed by atoms with Crippen molar-refractivity contribution in [2.24, 2.45) is 0 Å². The molecule has 0 aliphatic carbocycles. The Kier molecular flexibility index (Phi) is 3.30. The van der Waals surface area contributed by atoms with Crippen LogP contribution in [-0.2, 0) is 6.54 Å². The Morgan fingerprint density at radius 1 is 1.16 bits per heavy atom. The quantitative estimate of drug-likeness (QED) is 0.726. The highest BCUT2D eigenvalue weighted by Crippen LogP contribution is 2.24. The summed E-state index contributed by atoms with van der Waals surface area (Å²) in [5.74, 6) is 0. The number of hydrogen-bond donors (Lipinski definition) is 1. The van der Waals surface area contributed by atoms with Crippen molar-refractivity contribution in [2.45, 2.75) is 13.5 Å². The van der Waals surface area contributed by atoms with Crippen LogP contribution in [0.5, 0.6) is 0 Å². The minimum absolute atomic E-state index is 0.756. The lowest BCUT2D eigenvalue weighted by Gasteiger charge is -2.07. The van der Waals surface area contributed by atoms with E-state index in [1.54, 1.807) is 0 Å². The molecule has 1 aromatic heterocycles. The summed E-state index contributed by atoms with van der Waals surface area (Å²) in [6.45, 7) is 2.84. The first kappa shape index (κ1) is 12.3. The largest absolute Gasteiger partial charge is 0.464 e. The molecule has 0 aliphatic heterocycles. The van der Waals surface area contributed by atoms with Gasteiger partial charge in [0.25, 0.3) is 0 Å². The minimum atomic E-state index is 0.756. The summed E-state index contributed by atoms with van der Waals surface area (Å²) in [5.41, 5.74) is 4.44. The van der Waals surface area contributed by atoms with E-state index in [2.05, 4.69) is 52.4 Å². The van der Waals surface area contributed by atoms with E-state index < -0.39 is 0 Å². The standard InChI is InChI=1S/C16H14BrNO/c1-11-6-7-13(8-15(11)17)18-9-12-10-19-16-5-3-2-4-14(12)16/h2-8,10,18H,9H2,1H3. The summed E-state index contributed by atoms with van der Waals surface area (Å²) in [7, 11) is 0. The molecule has 2 aromatic carbocycles. The number of hydrogen-bond acceptors (Lipinski definition) is 2. The fraction of sp³-hybridized carbons (Fsp3) is 0.125. The molecule has 19 heavy (non-hydrogen) atoms. The molecule has 96 valence electrons. The second-order valence-electron chi connectivity index (χ2n) is 4.57. The zero-order valence-corrected chi connectivity index (χ0v) is 12.2. The van der Waals surface area contributed by atoms with E-state index in [1.165, 1.54) is 16.5 Å². The van der Waals surface area contributed by atoms with Gasteiger partial charge in [-0.1, -0.05) is 40.2 Å². The van der Waals surface area contributed by atoms with Crippen LogP contribution in [0.4, 0.5) is 5.69 Å². The summed E-state index contributed by atoms with van der Waals surface area (Å²) in [4.78, 5) is 0. The highest BCUT2D eigenvalue weighted by molar-refractivity contribution is 9.10. The first-order valence-electron chi connectivity index (χ1n) is 6.19. The maximum absolute atomic E-state index is 5.53. The number of aryl methyl sites for hydroxylation is 1. The van der Waals surface area contributed by atoms with Gasteiger partial charge in [-0.3, -0.25) is 0 Å². The summed E-state index contributed by atoms with van der Waals surface area (Å²) in [6.07, 6.45) is 1.82.